The second kappa shape index (κ2) is 6.90. The minimum absolute atomic E-state index is 0.0507. The Morgan fingerprint density at radius 1 is 1.33 bits per heavy atom. The molecule has 8 heteroatoms. The average molecular weight is 354 g/mol. The van der Waals surface area contributed by atoms with E-state index in [0.717, 1.165) is 5.56 Å². The van der Waals surface area contributed by atoms with Crippen molar-refractivity contribution in [1.29, 1.82) is 0 Å². The van der Waals surface area contributed by atoms with Gasteiger partial charge in [-0.25, -0.2) is 8.42 Å². The maximum absolute atomic E-state index is 12.9. The van der Waals surface area contributed by atoms with Crippen molar-refractivity contribution in [3.8, 4) is 0 Å². The molecule has 2 rings (SSSR count). The number of aryl methyl sites for hydroxylation is 1. The van der Waals surface area contributed by atoms with E-state index in [4.69, 9.17) is 0 Å². The molecular weight excluding hydrogens is 332 g/mol. The zero-order valence-corrected chi connectivity index (χ0v) is 14.8. The first kappa shape index (κ1) is 18.4. The van der Waals surface area contributed by atoms with Gasteiger partial charge >= 0.3 is 5.97 Å². The van der Waals surface area contributed by atoms with Gasteiger partial charge in [-0.3, -0.25) is 9.59 Å². The summed E-state index contributed by atoms with van der Waals surface area (Å²) in [6.07, 6.45) is 0.971. The summed E-state index contributed by atoms with van der Waals surface area (Å²) in [5.74, 6) is -1.98. The second-order valence-electron chi connectivity index (χ2n) is 6.10. The van der Waals surface area contributed by atoms with E-state index in [9.17, 15) is 23.1 Å². The van der Waals surface area contributed by atoms with Crippen molar-refractivity contribution in [3.63, 3.8) is 0 Å². The molecule has 1 amide bonds. The Labute approximate surface area is 141 Å². The predicted molar refractivity (Wildman–Crippen MR) is 89.2 cm³/mol. The van der Waals surface area contributed by atoms with Crippen LogP contribution in [0.15, 0.2) is 23.1 Å². The fourth-order valence-electron chi connectivity index (χ4n) is 3.00. The molecule has 0 aliphatic carbocycles. The molecule has 1 aromatic rings. The van der Waals surface area contributed by atoms with E-state index in [-0.39, 0.29) is 17.3 Å². The van der Waals surface area contributed by atoms with Crippen LogP contribution < -0.4 is 5.32 Å². The number of carbonyl (C=O) groups excluding carboxylic acids is 1. The zero-order valence-electron chi connectivity index (χ0n) is 13.9. The highest BCUT2D eigenvalue weighted by Gasteiger charge is 2.39. The summed E-state index contributed by atoms with van der Waals surface area (Å²) in [5.41, 5.74) is 1.18. The summed E-state index contributed by atoms with van der Waals surface area (Å²) in [6.45, 7) is 5.03. The highest BCUT2D eigenvalue weighted by molar-refractivity contribution is 7.89. The lowest BCUT2D eigenvalue weighted by molar-refractivity contribution is -0.144. The van der Waals surface area contributed by atoms with Gasteiger partial charge in [-0.2, -0.15) is 4.31 Å². The number of amides is 1. The Hall–Kier alpha value is -1.93. The van der Waals surface area contributed by atoms with Crippen molar-refractivity contribution < 1.29 is 23.1 Å². The average Bonchev–Trinajstić information content (AvgIpc) is 2.48. The Morgan fingerprint density at radius 3 is 2.58 bits per heavy atom. The van der Waals surface area contributed by atoms with Crippen LogP contribution in [0.4, 0.5) is 5.69 Å². The number of carboxylic acids is 1. The smallest absolute Gasteiger partial charge is 0.308 e. The lowest BCUT2D eigenvalue weighted by Gasteiger charge is -2.36. The molecule has 0 bridgehead atoms. The van der Waals surface area contributed by atoms with Crippen LogP contribution in [-0.2, 0) is 19.6 Å². The van der Waals surface area contributed by atoms with Gasteiger partial charge in [-0.05, 0) is 44.4 Å². The molecule has 0 radical (unpaired) electrons. The molecule has 0 spiro atoms. The molecule has 24 heavy (non-hydrogen) atoms. The minimum Gasteiger partial charge on any atom is -0.481 e. The summed E-state index contributed by atoms with van der Waals surface area (Å²) in [5, 5.41) is 11.9. The largest absolute Gasteiger partial charge is 0.481 e. The number of hydrogen-bond donors (Lipinski definition) is 2. The van der Waals surface area contributed by atoms with Gasteiger partial charge in [0.1, 0.15) is 0 Å². The Morgan fingerprint density at radius 2 is 2.00 bits per heavy atom. The normalized spacial score (nSPS) is 22.1. The topological polar surface area (TPSA) is 104 Å². The highest BCUT2D eigenvalue weighted by Crippen LogP contribution is 2.30. The van der Waals surface area contributed by atoms with E-state index in [1.54, 1.807) is 19.9 Å². The first-order chi connectivity index (χ1) is 11.1. The molecule has 1 saturated heterocycles. The van der Waals surface area contributed by atoms with Gasteiger partial charge in [0.25, 0.3) is 0 Å². The summed E-state index contributed by atoms with van der Waals surface area (Å²) < 4.78 is 27.1. The first-order valence-corrected chi connectivity index (χ1v) is 9.21. The van der Waals surface area contributed by atoms with Crippen molar-refractivity contribution in [2.24, 2.45) is 5.92 Å². The van der Waals surface area contributed by atoms with Crippen LogP contribution in [0.2, 0.25) is 0 Å². The molecule has 2 N–H and O–H groups in total. The third-order valence-electron chi connectivity index (χ3n) is 4.37. The van der Waals surface area contributed by atoms with E-state index >= 15 is 0 Å². The number of rotatable bonds is 4. The lowest BCUT2D eigenvalue weighted by Crippen LogP contribution is -2.48. The Balaban J connectivity index is 2.39. The molecule has 7 nitrogen and oxygen atoms in total. The van der Waals surface area contributed by atoms with Crippen molar-refractivity contribution in [1.82, 2.24) is 4.31 Å². The van der Waals surface area contributed by atoms with Crippen LogP contribution in [0, 0.1) is 12.8 Å². The number of carboxylic acid groups (broad SMARTS) is 1. The van der Waals surface area contributed by atoms with Gasteiger partial charge in [0, 0.05) is 25.2 Å². The number of benzene rings is 1. The molecular formula is C16H22N2O5S. The summed E-state index contributed by atoms with van der Waals surface area (Å²) >= 11 is 0. The second-order valence-corrected chi connectivity index (χ2v) is 7.99. The minimum atomic E-state index is -3.83. The third-order valence-corrected chi connectivity index (χ3v) is 6.36. The quantitative estimate of drug-likeness (QED) is 0.858. The summed E-state index contributed by atoms with van der Waals surface area (Å²) in [6, 6.07) is 3.91. The van der Waals surface area contributed by atoms with E-state index < -0.39 is 28.0 Å². The molecule has 1 aliphatic rings. The number of hydrogen-bond acceptors (Lipinski definition) is 4. The van der Waals surface area contributed by atoms with Crippen LogP contribution in [0.3, 0.4) is 0 Å². The number of nitrogens with zero attached hydrogens (tertiary/aromatic N) is 1. The van der Waals surface area contributed by atoms with Crippen molar-refractivity contribution in [2.75, 3.05) is 11.9 Å². The Bertz CT molecular complexity index is 760. The molecule has 0 unspecified atom stereocenters. The number of aliphatic carboxylic acids is 1. The number of carbonyl (C=O) groups is 2. The van der Waals surface area contributed by atoms with Crippen molar-refractivity contribution in [3.05, 3.63) is 23.8 Å². The molecule has 1 aromatic carbocycles. The van der Waals surface area contributed by atoms with Crippen molar-refractivity contribution >= 4 is 27.6 Å². The fraction of sp³-hybridized carbons (Fsp3) is 0.500. The number of nitrogens with one attached hydrogen (secondary N) is 1. The van der Waals surface area contributed by atoms with Crippen LogP contribution in [0.25, 0.3) is 0 Å². The maximum atomic E-state index is 12.9. The first-order valence-electron chi connectivity index (χ1n) is 7.77. The highest BCUT2D eigenvalue weighted by atomic mass is 32.2. The third kappa shape index (κ3) is 3.59. The molecule has 2 atom stereocenters. The SMILES string of the molecule is CC(=O)Nc1cc(S(=O)(=O)N2CCC[C@@H](C(=O)O)[C@H]2C)ccc1C. The van der Waals surface area contributed by atoms with Gasteiger partial charge in [0.2, 0.25) is 15.9 Å². The fourth-order valence-corrected chi connectivity index (χ4v) is 4.73. The van der Waals surface area contributed by atoms with E-state index in [2.05, 4.69) is 5.32 Å². The number of anilines is 1. The van der Waals surface area contributed by atoms with E-state index in [1.807, 2.05) is 0 Å². The van der Waals surface area contributed by atoms with Crippen LogP contribution in [0.1, 0.15) is 32.3 Å². The molecule has 1 heterocycles. The van der Waals surface area contributed by atoms with Gasteiger partial charge < -0.3 is 10.4 Å². The summed E-state index contributed by atoms with van der Waals surface area (Å²) in [7, 11) is -3.83. The molecule has 1 aliphatic heterocycles. The number of piperidine rings is 1. The van der Waals surface area contributed by atoms with Crippen molar-refractivity contribution in [2.45, 2.75) is 44.6 Å². The standard InChI is InChI=1S/C16H22N2O5S/c1-10-6-7-13(9-15(10)17-12(3)19)24(22,23)18-8-4-5-14(11(18)2)16(20)21/h6-7,9,11,14H,4-5,8H2,1-3H3,(H,17,19)(H,20,21)/t11-,14-/m1/s1. The zero-order chi connectivity index (χ0) is 18.1. The van der Waals surface area contributed by atoms with Gasteiger partial charge in [0.15, 0.2) is 0 Å². The Kier molecular flexibility index (Phi) is 5.29. The van der Waals surface area contributed by atoms with Gasteiger partial charge in [-0.1, -0.05) is 6.07 Å². The van der Waals surface area contributed by atoms with Gasteiger partial charge in [-0.15, -0.1) is 0 Å². The predicted octanol–water partition coefficient (Wildman–Crippen LogP) is 1.83. The lowest BCUT2D eigenvalue weighted by atomic mass is 9.92. The van der Waals surface area contributed by atoms with E-state index in [0.29, 0.717) is 18.5 Å². The molecule has 1 fully saturated rings. The summed E-state index contributed by atoms with van der Waals surface area (Å²) in [4.78, 5) is 22.6. The molecule has 0 aromatic heterocycles. The monoisotopic (exact) mass is 354 g/mol. The van der Waals surface area contributed by atoms with Gasteiger partial charge in [0.05, 0.1) is 10.8 Å². The maximum Gasteiger partial charge on any atom is 0.308 e. The van der Waals surface area contributed by atoms with Crippen LogP contribution in [-0.4, -0.2) is 42.3 Å². The van der Waals surface area contributed by atoms with E-state index in [1.165, 1.54) is 23.4 Å². The molecule has 0 saturated carbocycles. The van der Waals surface area contributed by atoms with Crippen LogP contribution >= 0.6 is 0 Å². The molecule has 132 valence electrons. The number of sulfonamides is 1. The van der Waals surface area contributed by atoms with Crippen LogP contribution in [0.5, 0.6) is 0 Å².